The third kappa shape index (κ3) is 2.32. The molecular weight excluding hydrogens is 224 g/mol. The van der Waals surface area contributed by atoms with Gasteiger partial charge < -0.3 is 15.7 Å². The van der Waals surface area contributed by atoms with E-state index in [1.54, 1.807) is 6.07 Å². The molecule has 7 heteroatoms. The number of anilines is 1. The lowest BCUT2D eigenvalue weighted by Gasteiger charge is -2.15. The van der Waals surface area contributed by atoms with Gasteiger partial charge in [-0.1, -0.05) is 0 Å². The van der Waals surface area contributed by atoms with Gasteiger partial charge in [0.25, 0.3) is 5.91 Å². The number of aliphatic carboxylic acids is 1. The molecule has 1 aliphatic rings. The summed E-state index contributed by atoms with van der Waals surface area (Å²) in [7, 11) is 0. The lowest BCUT2D eigenvalue weighted by atomic mass is 10.1. The van der Waals surface area contributed by atoms with Crippen LogP contribution >= 0.6 is 0 Å². The molecule has 90 valence electrons. The maximum Gasteiger partial charge on any atom is 0.308 e. The minimum Gasteiger partial charge on any atom is -0.481 e. The average molecular weight is 236 g/mol. The Hall–Kier alpha value is -2.18. The standard InChI is InChI=1S/C10H12N4O3/c11-9(15)7-1-2-8(13-12-7)14-4-3-6(5-14)10(16)17/h1-2,6H,3-5H2,(H2,11,15)(H,16,17). The highest BCUT2D eigenvalue weighted by Gasteiger charge is 2.28. The van der Waals surface area contributed by atoms with Crippen LogP contribution in [-0.4, -0.2) is 40.3 Å². The number of carboxylic acid groups (broad SMARTS) is 1. The van der Waals surface area contributed by atoms with Crippen LogP contribution in [0.5, 0.6) is 0 Å². The molecule has 0 aromatic carbocycles. The van der Waals surface area contributed by atoms with Gasteiger partial charge in [-0.05, 0) is 18.6 Å². The van der Waals surface area contributed by atoms with E-state index in [1.165, 1.54) is 6.07 Å². The lowest BCUT2D eigenvalue weighted by Crippen LogP contribution is -2.24. The van der Waals surface area contributed by atoms with Crippen LogP contribution in [0, 0.1) is 5.92 Å². The van der Waals surface area contributed by atoms with Crippen LogP contribution in [0.1, 0.15) is 16.9 Å². The number of carboxylic acids is 1. The number of nitrogens with two attached hydrogens (primary N) is 1. The summed E-state index contributed by atoms with van der Waals surface area (Å²) in [5.74, 6) is -1.23. The Morgan fingerprint density at radius 3 is 2.65 bits per heavy atom. The number of hydrogen-bond acceptors (Lipinski definition) is 5. The molecule has 1 atom stereocenters. The van der Waals surface area contributed by atoms with E-state index in [1.807, 2.05) is 4.90 Å². The van der Waals surface area contributed by atoms with Crippen molar-refractivity contribution in [2.45, 2.75) is 6.42 Å². The predicted octanol–water partition coefficient (Wildman–Crippen LogP) is -0.514. The maximum atomic E-state index is 10.8. The van der Waals surface area contributed by atoms with Gasteiger partial charge in [-0.15, -0.1) is 10.2 Å². The summed E-state index contributed by atoms with van der Waals surface area (Å²) >= 11 is 0. The summed E-state index contributed by atoms with van der Waals surface area (Å²) in [6.45, 7) is 1.04. The first kappa shape index (κ1) is 11.3. The first-order valence-corrected chi connectivity index (χ1v) is 5.19. The second-order valence-electron chi connectivity index (χ2n) is 3.91. The van der Waals surface area contributed by atoms with E-state index < -0.39 is 11.9 Å². The number of carbonyl (C=O) groups excluding carboxylic acids is 1. The van der Waals surface area contributed by atoms with Gasteiger partial charge >= 0.3 is 5.97 Å². The van der Waals surface area contributed by atoms with E-state index in [-0.39, 0.29) is 11.6 Å². The van der Waals surface area contributed by atoms with Crippen molar-refractivity contribution in [2.75, 3.05) is 18.0 Å². The molecule has 1 aromatic heterocycles. The Balaban J connectivity index is 2.09. The number of rotatable bonds is 3. The largest absolute Gasteiger partial charge is 0.481 e. The van der Waals surface area contributed by atoms with Gasteiger partial charge in [-0.25, -0.2) is 0 Å². The van der Waals surface area contributed by atoms with Crippen molar-refractivity contribution in [1.82, 2.24) is 10.2 Å². The molecular formula is C10H12N4O3. The second kappa shape index (κ2) is 4.36. The molecule has 1 amide bonds. The number of hydrogen-bond donors (Lipinski definition) is 2. The van der Waals surface area contributed by atoms with E-state index in [2.05, 4.69) is 10.2 Å². The minimum atomic E-state index is -0.797. The quantitative estimate of drug-likeness (QED) is 0.731. The van der Waals surface area contributed by atoms with Gasteiger partial charge in [0, 0.05) is 13.1 Å². The Morgan fingerprint density at radius 1 is 1.41 bits per heavy atom. The number of nitrogens with zero attached hydrogens (tertiary/aromatic N) is 3. The van der Waals surface area contributed by atoms with Crippen LogP contribution in [0.15, 0.2) is 12.1 Å². The molecule has 3 N–H and O–H groups in total. The van der Waals surface area contributed by atoms with Crippen molar-refractivity contribution >= 4 is 17.7 Å². The first-order chi connectivity index (χ1) is 8.08. The molecule has 7 nitrogen and oxygen atoms in total. The monoisotopic (exact) mass is 236 g/mol. The highest BCUT2D eigenvalue weighted by molar-refractivity contribution is 5.90. The Labute approximate surface area is 97.2 Å². The molecule has 1 fully saturated rings. The SMILES string of the molecule is NC(=O)c1ccc(N2CCC(C(=O)O)C2)nn1. The summed E-state index contributed by atoms with van der Waals surface area (Å²) < 4.78 is 0. The number of amides is 1. The van der Waals surface area contributed by atoms with Gasteiger partial charge in [-0.3, -0.25) is 9.59 Å². The molecule has 0 aliphatic carbocycles. The number of primary amides is 1. The fraction of sp³-hybridized carbons (Fsp3) is 0.400. The van der Waals surface area contributed by atoms with E-state index >= 15 is 0 Å². The van der Waals surface area contributed by atoms with Crippen molar-refractivity contribution in [2.24, 2.45) is 11.7 Å². The Kier molecular flexibility index (Phi) is 2.90. The van der Waals surface area contributed by atoms with Crippen LogP contribution in [0.4, 0.5) is 5.82 Å². The molecule has 1 aromatic rings. The highest BCUT2D eigenvalue weighted by atomic mass is 16.4. The second-order valence-corrected chi connectivity index (χ2v) is 3.91. The fourth-order valence-electron chi connectivity index (χ4n) is 1.80. The van der Waals surface area contributed by atoms with Crippen molar-refractivity contribution in [3.63, 3.8) is 0 Å². The lowest BCUT2D eigenvalue weighted by molar-refractivity contribution is -0.140. The van der Waals surface area contributed by atoms with Crippen LogP contribution in [0.25, 0.3) is 0 Å². The van der Waals surface area contributed by atoms with Crippen molar-refractivity contribution in [3.05, 3.63) is 17.8 Å². The van der Waals surface area contributed by atoms with Crippen LogP contribution in [0.2, 0.25) is 0 Å². The van der Waals surface area contributed by atoms with Gasteiger partial charge in [0.1, 0.15) is 0 Å². The van der Waals surface area contributed by atoms with Gasteiger partial charge in [0.2, 0.25) is 0 Å². The van der Waals surface area contributed by atoms with E-state index in [0.717, 1.165) is 0 Å². The number of carbonyl (C=O) groups is 2. The molecule has 2 rings (SSSR count). The van der Waals surface area contributed by atoms with E-state index in [0.29, 0.717) is 25.3 Å². The zero-order valence-electron chi connectivity index (χ0n) is 9.04. The molecule has 2 heterocycles. The molecule has 0 spiro atoms. The summed E-state index contributed by atoms with van der Waals surface area (Å²) in [6, 6.07) is 3.11. The van der Waals surface area contributed by atoms with Gasteiger partial charge in [0.05, 0.1) is 5.92 Å². The topological polar surface area (TPSA) is 109 Å². The van der Waals surface area contributed by atoms with E-state index in [4.69, 9.17) is 10.8 Å². The minimum absolute atomic E-state index is 0.0998. The van der Waals surface area contributed by atoms with Crippen LogP contribution in [0.3, 0.4) is 0 Å². The molecule has 0 saturated carbocycles. The summed E-state index contributed by atoms with van der Waals surface area (Å²) in [4.78, 5) is 23.4. The molecule has 0 bridgehead atoms. The smallest absolute Gasteiger partial charge is 0.308 e. The normalized spacial score (nSPS) is 19.3. The highest BCUT2D eigenvalue weighted by Crippen LogP contribution is 2.21. The van der Waals surface area contributed by atoms with Crippen LogP contribution in [-0.2, 0) is 4.79 Å². The van der Waals surface area contributed by atoms with Crippen molar-refractivity contribution in [3.8, 4) is 0 Å². The first-order valence-electron chi connectivity index (χ1n) is 5.19. The zero-order chi connectivity index (χ0) is 12.4. The molecule has 1 unspecified atom stereocenters. The van der Waals surface area contributed by atoms with Gasteiger partial charge in [0.15, 0.2) is 11.5 Å². The maximum absolute atomic E-state index is 10.8. The van der Waals surface area contributed by atoms with Crippen LogP contribution < -0.4 is 10.6 Å². The third-order valence-corrected chi connectivity index (χ3v) is 2.76. The van der Waals surface area contributed by atoms with Gasteiger partial charge in [-0.2, -0.15) is 0 Å². The van der Waals surface area contributed by atoms with Crippen molar-refractivity contribution in [1.29, 1.82) is 0 Å². The predicted molar refractivity (Wildman–Crippen MR) is 58.5 cm³/mol. The zero-order valence-corrected chi connectivity index (χ0v) is 9.04. The molecule has 17 heavy (non-hydrogen) atoms. The van der Waals surface area contributed by atoms with Crippen molar-refractivity contribution < 1.29 is 14.7 Å². The molecule has 1 aliphatic heterocycles. The van der Waals surface area contributed by atoms with E-state index in [9.17, 15) is 9.59 Å². The Bertz CT molecular complexity index is 445. The average Bonchev–Trinajstić information content (AvgIpc) is 2.78. The molecule has 1 saturated heterocycles. The number of aromatic nitrogens is 2. The fourth-order valence-corrected chi connectivity index (χ4v) is 1.80. The summed E-state index contributed by atoms with van der Waals surface area (Å²) in [6.07, 6.45) is 0.592. The summed E-state index contributed by atoms with van der Waals surface area (Å²) in [5.41, 5.74) is 5.15. The molecule has 0 radical (unpaired) electrons. The Morgan fingerprint density at radius 2 is 2.18 bits per heavy atom. The summed E-state index contributed by atoms with van der Waals surface area (Å²) in [5, 5.41) is 16.4. The third-order valence-electron chi connectivity index (χ3n) is 2.76.